The van der Waals surface area contributed by atoms with Crippen molar-refractivity contribution >= 4 is 44.4 Å². The van der Waals surface area contributed by atoms with Crippen LogP contribution in [-0.2, 0) is 0 Å². The highest BCUT2D eigenvalue weighted by molar-refractivity contribution is 7.21. The van der Waals surface area contributed by atoms with E-state index in [1.807, 2.05) is 19.1 Å². The molecule has 0 aliphatic heterocycles. The molecule has 1 amide bonds. The Morgan fingerprint density at radius 1 is 1.33 bits per heavy atom. The molecule has 3 aromatic heterocycles. The highest BCUT2D eigenvalue weighted by Crippen LogP contribution is 2.33. The van der Waals surface area contributed by atoms with E-state index in [0.29, 0.717) is 10.6 Å². The third-order valence-corrected chi connectivity index (χ3v) is 5.61. The molecule has 21 heavy (non-hydrogen) atoms. The van der Waals surface area contributed by atoms with Gasteiger partial charge in [-0.1, -0.05) is 0 Å². The average molecular weight is 317 g/mol. The van der Waals surface area contributed by atoms with E-state index < -0.39 is 0 Å². The topological polar surface area (TPSA) is 68.0 Å². The van der Waals surface area contributed by atoms with Crippen LogP contribution in [0.5, 0.6) is 0 Å². The van der Waals surface area contributed by atoms with Crippen molar-refractivity contribution in [3.63, 3.8) is 0 Å². The normalized spacial score (nSPS) is 12.5. The molecule has 0 aliphatic carbocycles. The van der Waals surface area contributed by atoms with Crippen LogP contribution in [0.2, 0.25) is 0 Å². The maximum absolute atomic E-state index is 12.4. The number of pyridine rings is 1. The minimum Gasteiger partial charge on any atom is -0.397 e. The van der Waals surface area contributed by atoms with Crippen molar-refractivity contribution in [2.24, 2.45) is 0 Å². The van der Waals surface area contributed by atoms with E-state index in [1.54, 1.807) is 23.7 Å². The number of aromatic nitrogens is 1. The summed E-state index contributed by atoms with van der Waals surface area (Å²) < 4.78 is 0.930. The molecule has 108 valence electrons. The number of anilines is 1. The quantitative estimate of drug-likeness (QED) is 0.773. The van der Waals surface area contributed by atoms with Gasteiger partial charge in [0.15, 0.2) is 0 Å². The second-order valence-corrected chi connectivity index (χ2v) is 7.23. The lowest BCUT2D eigenvalue weighted by Gasteiger charge is -2.11. The first-order chi connectivity index (χ1) is 10.1. The van der Waals surface area contributed by atoms with E-state index in [0.717, 1.165) is 15.0 Å². The van der Waals surface area contributed by atoms with Gasteiger partial charge in [-0.05, 0) is 32.0 Å². The molecule has 0 spiro atoms. The molecule has 0 saturated heterocycles. The van der Waals surface area contributed by atoms with E-state index in [2.05, 4.69) is 23.3 Å². The largest absolute Gasteiger partial charge is 0.397 e. The molecule has 0 radical (unpaired) electrons. The fourth-order valence-electron chi connectivity index (χ4n) is 2.16. The number of hydrogen-bond acceptors (Lipinski definition) is 5. The van der Waals surface area contributed by atoms with Gasteiger partial charge >= 0.3 is 0 Å². The Kier molecular flexibility index (Phi) is 3.65. The van der Waals surface area contributed by atoms with Crippen molar-refractivity contribution in [3.8, 4) is 0 Å². The Bertz CT molecular complexity index is 806. The Morgan fingerprint density at radius 3 is 2.81 bits per heavy atom. The molecular weight excluding hydrogens is 302 g/mol. The number of fused-ring (bicyclic) bond motifs is 1. The summed E-state index contributed by atoms with van der Waals surface area (Å²) in [5.41, 5.74) is 6.61. The molecular formula is C15H15N3OS2. The molecule has 3 N–H and O–H groups in total. The van der Waals surface area contributed by atoms with E-state index in [4.69, 9.17) is 5.73 Å². The summed E-state index contributed by atoms with van der Waals surface area (Å²) in [6.07, 6.45) is 3.42. The molecule has 3 heterocycles. The lowest BCUT2D eigenvalue weighted by Crippen LogP contribution is -2.25. The van der Waals surface area contributed by atoms with Crippen LogP contribution in [0.1, 0.15) is 32.4 Å². The van der Waals surface area contributed by atoms with Crippen molar-refractivity contribution < 1.29 is 4.79 Å². The van der Waals surface area contributed by atoms with Gasteiger partial charge in [-0.15, -0.1) is 22.7 Å². The first kappa shape index (κ1) is 14.0. The van der Waals surface area contributed by atoms with Gasteiger partial charge in [0.2, 0.25) is 0 Å². The molecule has 0 aromatic carbocycles. The SMILES string of the molecule is Cc1ccc(C(C)NC(=O)c2sc3cnccc3c2N)s1. The number of nitrogens with one attached hydrogen (secondary N) is 1. The van der Waals surface area contributed by atoms with Crippen LogP contribution < -0.4 is 11.1 Å². The molecule has 4 nitrogen and oxygen atoms in total. The molecule has 0 fully saturated rings. The van der Waals surface area contributed by atoms with E-state index in [9.17, 15) is 4.79 Å². The highest BCUT2D eigenvalue weighted by atomic mass is 32.1. The van der Waals surface area contributed by atoms with Crippen LogP contribution in [0.15, 0.2) is 30.6 Å². The van der Waals surface area contributed by atoms with E-state index >= 15 is 0 Å². The maximum atomic E-state index is 12.4. The summed E-state index contributed by atoms with van der Waals surface area (Å²) in [6, 6.07) is 5.91. The van der Waals surface area contributed by atoms with Gasteiger partial charge in [-0.25, -0.2) is 0 Å². The number of amides is 1. The minimum atomic E-state index is -0.132. The number of thiophene rings is 2. The van der Waals surface area contributed by atoms with E-state index in [-0.39, 0.29) is 11.9 Å². The molecule has 0 bridgehead atoms. The summed E-state index contributed by atoms with van der Waals surface area (Å²) in [4.78, 5) is 19.4. The lowest BCUT2D eigenvalue weighted by molar-refractivity contribution is 0.0945. The fourth-order valence-corrected chi connectivity index (χ4v) is 4.03. The van der Waals surface area contributed by atoms with Crippen LogP contribution in [0.25, 0.3) is 10.1 Å². The number of rotatable bonds is 3. The highest BCUT2D eigenvalue weighted by Gasteiger charge is 2.19. The van der Waals surface area contributed by atoms with Crippen molar-refractivity contribution in [1.82, 2.24) is 10.3 Å². The van der Waals surface area contributed by atoms with Gasteiger partial charge in [-0.2, -0.15) is 0 Å². The second-order valence-electron chi connectivity index (χ2n) is 4.86. The number of carbonyl (C=O) groups is 1. The minimum absolute atomic E-state index is 0.0288. The zero-order valence-corrected chi connectivity index (χ0v) is 13.3. The standard InChI is InChI=1S/C15H15N3OS2/c1-8-3-4-11(20-8)9(2)18-15(19)14-13(16)10-5-6-17-7-12(10)21-14/h3-7,9H,16H2,1-2H3,(H,18,19). The van der Waals surface area contributed by atoms with Crippen molar-refractivity contribution in [1.29, 1.82) is 0 Å². The van der Waals surface area contributed by atoms with Crippen LogP contribution in [0.3, 0.4) is 0 Å². The van der Waals surface area contributed by atoms with Crippen molar-refractivity contribution in [2.75, 3.05) is 5.73 Å². The second kappa shape index (κ2) is 5.46. The Hall–Kier alpha value is -1.92. The van der Waals surface area contributed by atoms with Crippen molar-refractivity contribution in [2.45, 2.75) is 19.9 Å². The van der Waals surface area contributed by atoms with Crippen molar-refractivity contribution in [3.05, 3.63) is 45.2 Å². The van der Waals surface area contributed by atoms with Crippen LogP contribution in [-0.4, -0.2) is 10.9 Å². The number of hydrogen-bond donors (Lipinski definition) is 2. The Balaban J connectivity index is 1.85. The van der Waals surface area contributed by atoms with Gasteiger partial charge in [0.05, 0.1) is 16.4 Å². The zero-order chi connectivity index (χ0) is 15.0. The van der Waals surface area contributed by atoms with Crippen LogP contribution in [0, 0.1) is 6.92 Å². The summed E-state index contributed by atoms with van der Waals surface area (Å²) in [5, 5.41) is 3.90. The molecule has 0 saturated carbocycles. The number of aryl methyl sites for hydroxylation is 1. The maximum Gasteiger partial charge on any atom is 0.264 e. The average Bonchev–Trinajstić information content (AvgIpc) is 3.04. The predicted octanol–water partition coefficient (Wildman–Crippen LogP) is 3.74. The smallest absolute Gasteiger partial charge is 0.264 e. The van der Waals surface area contributed by atoms with Crippen LogP contribution in [0.4, 0.5) is 5.69 Å². The molecule has 6 heteroatoms. The number of nitrogen functional groups attached to an aromatic ring is 1. The first-order valence-corrected chi connectivity index (χ1v) is 8.18. The summed E-state index contributed by atoms with van der Waals surface area (Å²) >= 11 is 3.07. The Labute approximate surface area is 130 Å². The lowest BCUT2D eigenvalue weighted by atomic mass is 10.2. The molecule has 1 atom stereocenters. The monoisotopic (exact) mass is 317 g/mol. The third-order valence-electron chi connectivity index (χ3n) is 3.27. The summed E-state index contributed by atoms with van der Waals surface area (Å²) in [6.45, 7) is 4.04. The number of carbonyl (C=O) groups excluding carboxylic acids is 1. The van der Waals surface area contributed by atoms with Gasteiger partial charge in [0.1, 0.15) is 4.88 Å². The number of nitrogens with two attached hydrogens (primary N) is 1. The predicted molar refractivity (Wildman–Crippen MR) is 89.0 cm³/mol. The molecule has 1 unspecified atom stereocenters. The summed E-state index contributed by atoms with van der Waals surface area (Å²) in [7, 11) is 0. The number of nitrogens with zero attached hydrogens (tertiary/aromatic N) is 1. The van der Waals surface area contributed by atoms with Gasteiger partial charge in [0.25, 0.3) is 5.91 Å². The Morgan fingerprint density at radius 2 is 2.14 bits per heavy atom. The van der Waals surface area contributed by atoms with E-state index in [1.165, 1.54) is 16.2 Å². The third kappa shape index (κ3) is 2.64. The first-order valence-electron chi connectivity index (χ1n) is 6.55. The van der Waals surface area contributed by atoms with Gasteiger partial charge in [-0.3, -0.25) is 9.78 Å². The summed E-state index contributed by atoms with van der Waals surface area (Å²) in [5.74, 6) is -0.132. The molecule has 3 aromatic rings. The molecule has 3 rings (SSSR count). The van der Waals surface area contributed by atoms with Gasteiger partial charge < -0.3 is 11.1 Å². The van der Waals surface area contributed by atoms with Crippen LogP contribution >= 0.6 is 22.7 Å². The zero-order valence-electron chi connectivity index (χ0n) is 11.7. The fraction of sp³-hybridized carbons (Fsp3) is 0.200. The molecule has 0 aliphatic rings. The van der Waals surface area contributed by atoms with Gasteiger partial charge in [0, 0.05) is 27.5 Å².